The minimum atomic E-state index is 0.0801. The molecule has 96 valence electrons. The molecule has 1 aliphatic heterocycles. The Bertz CT molecular complexity index is 186. The molecular formula is C13H27NO2. The van der Waals surface area contributed by atoms with Gasteiger partial charge in [0.15, 0.2) is 0 Å². The van der Waals surface area contributed by atoms with Crippen molar-refractivity contribution in [1.82, 2.24) is 4.90 Å². The van der Waals surface area contributed by atoms with Gasteiger partial charge >= 0.3 is 0 Å². The smallest absolute Gasteiger partial charge is 0.0678 e. The number of nitrogens with zero attached hydrogens (tertiary/aromatic N) is 1. The lowest BCUT2D eigenvalue weighted by Crippen LogP contribution is -2.50. The van der Waals surface area contributed by atoms with Gasteiger partial charge in [0.05, 0.1) is 12.2 Å². The average Bonchev–Trinajstić information content (AvgIpc) is 2.25. The molecule has 0 saturated carbocycles. The standard InChI is InChI=1S/C13H27NO2/c1-5-13(6-2,10-15)9-14-7-11(3)16-12(4)8-14/h11-12,15H,5-10H2,1-4H3. The highest BCUT2D eigenvalue weighted by Crippen LogP contribution is 2.28. The van der Waals surface area contributed by atoms with Crippen LogP contribution in [0.4, 0.5) is 0 Å². The van der Waals surface area contributed by atoms with Crippen molar-refractivity contribution in [3.63, 3.8) is 0 Å². The SMILES string of the molecule is CCC(CC)(CO)CN1CC(C)OC(C)C1. The number of hydrogen-bond acceptors (Lipinski definition) is 3. The van der Waals surface area contributed by atoms with Crippen molar-refractivity contribution in [3.05, 3.63) is 0 Å². The highest BCUT2D eigenvalue weighted by molar-refractivity contribution is 4.83. The van der Waals surface area contributed by atoms with Crippen LogP contribution in [-0.4, -0.2) is 48.5 Å². The molecule has 0 aromatic carbocycles. The van der Waals surface area contributed by atoms with Crippen LogP contribution in [0.3, 0.4) is 0 Å². The van der Waals surface area contributed by atoms with Gasteiger partial charge in [0, 0.05) is 31.7 Å². The van der Waals surface area contributed by atoms with E-state index in [1.165, 1.54) is 0 Å². The summed E-state index contributed by atoms with van der Waals surface area (Å²) in [6.07, 6.45) is 2.71. The fourth-order valence-electron chi connectivity index (χ4n) is 2.64. The Morgan fingerprint density at radius 2 is 1.69 bits per heavy atom. The summed E-state index contributed by atoms with van der Waals surface area (Å²) in [4.78, 5) is 2.45. The van der Waals surface area contributed by atoms with Gasteiger partial charge in [-0.3, -0.25) is 4.90 Å². The Morgan fingerprint density at radius 3 is 2.06 bits per heavy atom. The van der Waals surface area contributed by atoms with Crippen molar-refractivity contribution in [1.29, 1.82) is 0 Å². The number of morpholine rings is 1. The maximum atomic E-state index is 9.58. The maximum Gasteiger partial charge on any atom is 0.0678 e. The van der Waals surface area contributed by atoms with Gasteiger partial charge in [-0.2, -0.15) is 0 Å². The zero-order valence-corrected chi connectivity index (χ0v) is 11.2. The third-order valence-electron chi connectivity index (χ3n) is 3.89. The summed E-state index contributed by atoms with van der Waals surface area (Å²) in [6.45, 7) is 11.9. The average molecular weight is 229 g/mol. The van der Waals surface area contributed by atoms with E-state index in [2.05, 4.69) is 32.6 Å². The summed E-state index contributed by atoms with van der Waals surface area (Å²) < 4.78 is 5.73. The molecule has 0 aliphatic carbocycles. The lowest BCUT2D eigenvalue weighted by molar-refractivity contribution is -0.0825. The van der Waals surface area contributed by atoms with Crippen LogP contribution < -0.4 is 0 Å². The van der Waals surface area contributed by atoms with E-state index >= 15 is 0 Å². The zero-order valence-electron chi connectivity index (χ0n) is 11.2. The molecule has 0 aromatic rings. The predicted octanol–water partition coefficient (Wildman–Crippen LogP) is 1.89. The van der Waals surface area contributed by atoms with Gasteiger partial charge in [0.25, 0.3) is 0 Å². The second kappa shape index (κ2) is 5.99. The van der Waals surface area contributed by atoms with Crippen LogP contribution in [0.2, 0.25) is 0 Å². The normalized spacial score (nSPS) is 28.3. The lowest BCUT2D eigenvalue weighted by Gasteiger charge is -2.41. The maximum absolute atomic E-state index is 9.58. The first-order chi connectivity index (χ1) is 7.55. The molecule has 0 radical (unpaired) electrons. The topological polar surface area (TPSA) is 32.7 Å². The largest absolute Gasteiger partial charge is 0.396 e. The van der Waals surface area contributed by atoms with Crippen molar-refractivity contribution in [2.75, 3.05) is 26.2 Å². The van der Waals surface area contributed by atoms with Crippen molar-refractivity contribution in [2.24, 2.45) is 5.41 Å². The van der Waals surface area contributed by atoms with E-state index in [4.69, 9.17) is 4.74 Å². The fourth-order valence-corrected chi connectivity index (χ4v) is 2.64. The van der Waals surface area contributed by atoms with Crippen LogP contribution in [0.15, 0.2) is 0 Å². The third-order valence-corrected chi connectivity index (χ3v) is 3.89. The molecule has 1 fully saturated rings. The first-order valence-electron chi connectivity index (χ1n) is 6.54. The summed E-state index contributed by atoms with van der Waals surface area (Å²) in [7, 11) is 0. The summed E-state index contributed by atoms with van der Waals surface area (Å²) in [6, 6.07) is 0. The van der Waals surface area contributed by atoms with Gasteiger partial charge in [-0.05, 0) is 26.7 Å². The van der Waals surface area contributed by atoms with E-state index in [1.54, 1.807) is 0 Å². The predicted molar refractivity (Wildman–Crippen MR) is 66.5 cm³/mol. The van der Waals surface area contributed by atoms with Gasteiger partial charge in [-0.25, -0.2) is 0 Å². The number of ether oxygens (including phenoxy) is 1. The fraction of sp³-hybridized carbons (Fsp3) is 1.00. The monoisotopic (exact) mass is 229 g/mol. The van der Waals surface area contributed by atoms with Gasteiger partial charge in [0.2, 0.25) is 0 Å². The first-order valence-corrected chi connectivity index (χ1v) is 6.54. The van der Waals surface area contributed by atoms with E-state index in [1.807, 2.05) is 0 Å². The molecule has 1 aliphatic rings. The molecule has 2 unspecified atom stereocenters. The van der Waals surface area contributed by atoms with Gasteiger partial charge in [-0.15, -0.1) is 0 Å². The van der Waals surface area contributed by atoms with E-state index in [0.717, 1.165) is 32.5 Å². The summed E-state index contributed by atoms with van der Waals surface area (Å²) in [5.74, 6) is 0. The number of hydrogen-bond donors (Lipinski definition) is 1. The Kier molecular flexibility index (Phi) is 5.22. The zero-order chi connectivity index (χ0) is 12.2. The third kappa shape index (κ3) is 3.44. The quantitative estimate of drug-likeness (QED) is 0.781. The highest BCUT2D eigenvalue weighted by Gasteiger charge is 2.31. The molecule has 1 rings (SSSR count). The molecule has 0 bridgehead atoms. The van der Waals surface area contributed by atoms with Gasteiger partial charge < -0.3 is 9.84 Å². The highest BCUT2D eigenvalue weighted by atomic mass is 16.5. The molecule has 1 N–H and O–H groups in total. The van der Waals surface area contributed by atoms with Crippen molar-refractivity contribution < 1.29 is 9.84 Å². The van der Waals surface area contributed by atoms with E-state index in [9.17, 15) is 5.11 Å². The molecule has 0 spiro atoms. The molecule has 0 aromatic heterocycles. The molecule has 16 heavy (non-hydrogen) atoms. The molecule has 2 atom stereocenters. The lowest BCUT2D eigenvalue weighted by atomic mass is 9.82. The second-order valence-electron chi connectivity index (χ2n) is 5.32. The Balaban J connectivity index is 2.57. The molecule has 1 heterocycles. The van der Waals surface area contributed by atoms with Crippen LogP contribution in [-0.2, 0) is 4.74 Å². The summed E-state index contributed by atoms with van der Waals surface area (Å²) in [5.41, 5.74) is 0.0801. The molecule has 0 amide bonds. The van der Waals surface area contributed by atoms with Crippen molar-refractivity contribution in [2.45, 2.75) is 52.7 Å². The van der Waals surface area contributed by atoms with E-state index in [-0.39, 0.29) is 5.41 Å². The van der Waals surface area contributed by atoms with Crippen LogP contribution >= 0.6 is 0 Å². The summed E-state index contributed by atoms with van der Waals surface area (Å²) in [5, 5.41) is 9.58. The molecule has 3 nitrogen and oxygen atoms in total. The molecule has 3 heteroatoms. The van der Waals surface area contributed by atoms with Gasteiger partial charge in [0.1, 0.15) is 0 Å². The van der Waals surface area contributed by atoms with Crippen molar-refractivity contribution in [3.8, 4) is 0 Å². The minimum Gasteiger partial charge on any atom is -0.396 e. The van der Waals surface area contributed by atoms with Crippen molar-refractivity contribution >= 4 is 0 Å². The Labute approximate surface area is 99.8 Å². The minimum absolute atomic E-state index is 0.0801. The second-order valence-corrected chi connectivity index (χ2v) is 5.32. The van der Waals surface area contributed by atoms with E-state index < -0.39 is 0 Å². The summed E-state index contributed by atoms with van der Waals surface area (Å²) >= 11 is 0. The van der Waals surface area contributed by atoms with Crippen LogP contribution in [0, 0.1) is 5.41 Å². The first kappa shape index (κ1) is 13.9. The van der Waals surface area contributed by atoms with Crippen LogP contribution in [0.1, 0.15) is 40.5 Å². The van der Waals surface area contributed by atoms with Crippen LogP contribution in [0.25, 0.3) is 0 Å². The molecule has 1 saturated heterocycles. The number of aliphatic hydroxyl groups excluding tert-OH is 1. The molecular weight excluding hydrogens is 202 g/mol. The Hall–Kier alpha value is -0.120. The van der Waals surface area contributed by atoms with Gasteiger partial charge in [-0.1, -0.05) is 13.8 Å². The van der Waals surface area contributed by atoms with E-state index in [0.29, 0.717) is 18.8 Å². The number of aliphatic hydroxyl groups is 1. The number of rotatable bonds is 5. The van der Waals surface area contributed by atoms with Crippen LogP contribution in [0.5, 0.6) is 0 Å². The Morgan fingerprint density at radius 1 is 1.19 bits per heavy atom.